The average molecular weight is 151 g/mol. The normalized spacial score (nSPS) is 22.4. The second-order valence-electron chi connectivity index (χ2n) is 3.52. The molecule has 2 unspecified atom stereocenters. The van der Waals surface area contributed by atoms with Crippen LogP contribution in [0.2, 0.25) is 0 Å². The molecule has 0 aromatic carbocycles. The van der Waals surface area contributed by atoms with E-state index in [1.165, 1.54) is 12.8 Å². The predicted molar refractivity (Wildman–Crippen MR) is 49.2 cm³/mol. The van der Waals surface area contributed by atoms with Gasteiger partial charge in [-0.2, -0.15) is 0 Å². The fraction of sp³-hybridized carbons (Fsp3) is 0.600. The molecule has 0 aliphatic heterocycles. The van der Waals surface area contributed by atoms with Crippen LogP contribution < -0.4 is 5.73 Å². The minimum Gasteiger partial charge on any atom is -0.324 e. The molecule has 0 radical (unpaired) electrons. The second kappa shape index (κ2) is 3.22. The van der Waals surface area contributed by atoms with Crippen molar-refractivity contribution in [2.75, 3.05) is 0 Å². The Morgan fingerprint density at radius 3 is 2.45 bits per heavy atom. The summed E-state index contributed by atoms with van der Waals surface area (Å²) in [6, 6.07) is 0.125. The first-order valence-electron chi connectivity index (χ1n) is 4.20. The minimum atomic E-state index is 0.125. The van der Waals surface area contributed by atoms with Gasteiger partial charge in [-0.05, 0) is 31.6 Å². The fourth-order valence-corrected chi connectivity index (χ4v) is 1.44. The zero-order valence-corrected chi connectivity index (χ0v) is 7.22. The van der Waals surface area contributed by atoms with E-state index in [1.807, 2.05) is 13.0 Å². The lowest BCUT2D eigenvalue weighted by molar-refractivity contribution is 0.496. The van der Waals surface area contributed by atoms with Crippen LogP contribution in [0, 0.1) is 11.8 Å². The Bertz CT molecular complexity index is 168. The summed E-state index contributed by atoms with van der Waals surface area (Å²) in [5.74, 6) is 1.26. The van der Waals surface area contributed by atoms with Crippen molar-refractivity contribution in [3.8, 4) is 0 Å². The molecule has 0 bridgehead atoms. The molecular weight excluding hydrogens is 134 g/mol. The Labute approximate surface area is 69.0 Å². The molecule has 11 heavy (non-hydrogen) atoms. The summed E-state index contributed by atoms with van der Waals surface area (Å²) in [6.07, 6.45) is 4.62. The largest absolute Gasteiger partial charge is 0.324 e. The smallest absolute Gasteiger partial charge is 0.0314 e. The van der Waals surface area contributed by atoms with Gasteiger partial charge in [-0.3, -0.25) is 0 Å². The molecule has 0 amide bonds. The summed E-state index contributed by atoms with van der Waals surface area (Å²) < 4.78 is 0. The topological polar surface area (TPSA) is 26.0 Å². The highest BCUT2D eigenvalue weighted by atomic mass is 14.7. The Balaban J connectivity index is 2.52. The zero-order valence-electron chi connectivity index (χ0n) is 7.22. The van der Waals surface area contributed by atoms with E-state index >= 15 is 0 Å². The first-order valence-corrected chi connectivity index (χ1v) is 4.20. The zero-order chi connectivity index (χ0) is 8.43. The standard InChI is InChI=1S/C10H17N/c1-4-9(8-5-6-8)10(11)7(2)3/h4,8-10H,1-2,5-6,11H2,3H3. The van der Waals surface area contributed by atoms with E-state index in [2.05, 4.69) is 13.2 Å². The third kappa shape index (κ3) is 1.93. The maximum absolute atomic E-state index is 5.94. The van der Waals surface area contributed by atoms with Gasteiger partial charge in [0.25, 0.3) is 0 Å². The van der Waals surface area contributed by atoms with Gasteiger partial charge in [0, 0.05) is 6.04 Å². The van der Waals surface area contributed by atoms with Crippen molar-refractivity contribution >= 4 is 0 Å². The lowest BCUT2D eigenvalue weighted by Crippen LogP contribution is -2.30. The number of hydrogen-bond donors (Lipinski definition) is 1. The Hall–Kier alpha value is -0.560. The van der Waals surface area contributed by atoms with E-state index in [4.69, 9.17) is 5.73 Å². The summed E-state index contributed by atoms with van der Waals surface area (Å²) in [6.45, 7) is 9.66. The van der Waals surface area contributed by atoms with Crippen LogP contribution in [-0.2, 0) is 0 Å². The van der Waals surface area contributed by atoms with Gasteiger partial charge in [-0.25, -0.2) is 0 Å². The molecule has 1 fully saturated rings. The van der Waals surface area contributed by atoms with E-state index in [-0.39, 0.29) is 6.04 Å². The monoisotopic (exact) mass is 151 g/mol. The highest BCUT2D eigenvalue weighted by Crippen LogP contribution is 2.39. The van der Waals surface area contributed by atoms with Crippen LogP contribution >= 0.6 is 0 Å². The molecule has 0 spiro atoms. The van der Waals surface area contributed by atoms with Crippen LogP contribution in [0.5, 0.6) is 0 Å². The number of rotatable bonds is 4. The lowest BCUT2D eigenvalue weighted by Gasteiger charge is -2.20. The van der Waals surface area contributed by atoms with Crippen LogP contribution in [0.25, 0.3) is 0 Å². The van der Waals surface area contributed by atoms with Crippen LogP contribution in [-0.4, -0.2) is 6.04 Å². The first-order chi connectivity index (χ1) is 5.16. The Kier molecular flexibility index (Phi) is 2.50. The van der Waals surface area contributed by atoms with Gasteiger partial charge < -0.3 is 5.73 Å². The minimum absolute atomic E-state index is 0.125. The highest BCUT2D eigenvalue weighted by Gasteiger charge is 2.32. The average Bonchev–Trinajstić information content (AvgIpc) is 2.72. The molecule has 1 heteroatoms. The van der Waals surface area contributed by atoms with Crippen molar-refractivity contribution in [3.05, 3.63) is 24.8 Å². The Morgan fingerprint density at radius 2 is 2.18 bits per heavy atom. The van der Waals surface area contributed by atoms with Crippen LogP contribution in [0.3, 0.4) is 0 Å². The van der Waals surface area contributed by atoms with Gasteiger partial charge in [0.15, 0.2) is 0 Å². The second-order valence-corrected chi connectivity index (χ2v) is 3.52. The molecule has 0 aromatic heterocycles. The van der Waals surface area contributed by atoms with Gasteiger partial charge >= 0.3 is 0 Å². The SMILES string of the molecule is C=CC(C1CC1)C(N)C(=C)C. The van der Waals surface area contributed by atoms with Gasteiger partial charge in [-0.1, -0.05) is 18.2 Å². The highest BCUT2D eigenvalue weighted by molar-refractivity contribution is 5.10. The van der Waals surface area contributed by atoms with E-state index in [0.29, 0.717) is 5.92 Å². The predicted octanol–water partition coefficient (Wildman–Crippen LogP) is 2.10. The van der Waals surface area contributed by atoms with Crippen molar-refractivity contribution < 1.29 is 0 Å². The van der Waals surface area contributed by atoms with Crippen molar-refractivity contribution in [1.29, 1.82) is 0 Å². The van der Waals surface area contributed by atoms with E-state index in [0.717, 1.165) is 11.5 Å². The van der Waals surface area contributed by atoms with Gasteiger partial charge in [0.05, 0.1) is 0 Å². The molecule has 0 saturated heterocycles. The molecule has 0 heterocycles. The lowest BCUT2D eigenvalue weighted by atomic mass is 9.91. The maximum Gasteiger partial charge on any atom is 0.0314 e. The van der Waals surface area contributed by atoms with Crippen molar-refractivity contribution in [1.82, 2.24) is 0 Å². The van der Waals surface area contributed by atoms with Crippen molar-refractivity contribution in [2.24, 2.45) is 17.6 Å². The van der Waals surface area contributed by atoms with Crippen molar-refractivity contribution in [3.63, 3.8) is 0 Å². The molecule has 1 aliphatic rings. The van der Waals surface area contributed by atoms with Gasteiger partial charge in [0.2, 0.25) is 0 Å². The Morgan fingerprint density at radius 1 is 1.64 bits per heavy atom. The van der Waals surface area contributed by atoms with E-state index in [1.54, 1.807) is 0 Å². The van der Waals surface area contributed by atoms with Crippen molar-refractivity contribution in [2.45, 2.75) is 25.8 Å². The molecule has 2 N–H and O–H groups in total. The third-order valence-electron chi connectivity index (χ3n) is 2.42. The summed E-state index contributed by atoms with van der Waals surface area (Å²) >= 11 is 0. The van der Waals surface area contributed by atoms with Crippen LogP contribution in [0.1, 0.15) is 19.8 Å². The number of hydrogen-bond acceptors (Lipinski definition) is 1. The third-order valence-corrected chi connectivity index (χ3v) is 2.42. The summed E-state index contributed by atoms with van der Waals surface area (Å²) in [5, 5.41) is 0. The van der Waals surface area contributed by atoms with E-state index < -0.39 is 0 Å². The molecule has 62 valence electrons. The molecule has 0 aromatic rings. The van der Waals surface area contributed by atoms with Crippen LogP contribution in [0.15, 0.2) is 24.8 Å². The molecule has 1 nitrogen and oxygen atoms in total. The molecule has 1 saturated carbocycles. The van der Waals surface area contributed by atoms with Crippen LogP contribution in [0.4, 0.5) is 0 Å². The molecule has 1 aliphatic carbocycles. The summed E-state index contributed by atoms with van der Waals surface area (Å²) in [4.78, 5) is 0. The summed E-state index contributed by atoms with van der Waals surface area (Å²) in [5.41, 5.74) is 7.01. The molecular formula is C10H17N. The molecule has 2 atom stereocenters. The first kappa shape index (κ1) is 8.54. The van der Waals surface area contributed by atoms with E-state index in [9.17, 15) is 0 Å². The van der Waals surface area contributed by atoms with Gasteiger partial charge in [0.1, 0.15) is 0 Å². The number of nitrogens with two attached hydrogens (primary N) is 1. The quantitative estimate of drug-likeness (QED) is 0.612. The fourth-order valence-electron chi connectivity index (χ4n) is 1.44. The molecule has 1 rings (SSSR count). The maximum atomic E-state index is 5.94. The summed E-state index contributed by atoms with van der Waals surface area (Å²) in [7, 11) is 0. The van der Waals surface area contributed by atoms with Gasteiger partial charge in [-0.15, -0.1) is 6.58 Å².